The lowest BCUT2D eigenvalue weighted by molar-refractivity contribution is 0.850. The fraction of sp³-hybridized carbons (Fsp3) is 0.222. The number of aromatic nitrogens is 3. The summed E-state index contributed by atoms with van der Waals surface area (Å²) in [6.45, 7) is 1.70. The van der Waals surface area contributed by atoms with Gasteiger partial charge in [0.15, 0.2) is 5.92 Å². The maximum atomic E-state index is 11.5. The number of hydrogen-bond acceptors (Lipinski definition) is 6. The van der Waals surface area contributed by atoms with Crippen LogP contribution >= 0.6 is 11.3 Å². The standard InChI is InChI=1S/C9H5N5OS/c1-5-2-7(15)14-9(12-5)16-8(13-14)6(3-10)4-11/h2,6H,1H3. The van der Waals surface area contributed by atoms with Crippen LogP contribution < -0.4 is 5.56 Å². The van der Waals surface area contributed by atoms with Gasteiger partial charge >= 0.3 is 0 Å². The molecular formula is C9H5N5OS. The van der Waals surface area contributed by atoms with E-state index in [1.807, 2.05) is 0 Å². The largest absolute Gasteiger partial charge is 0.275 e. The molecule has 0 aromatic carbocycles. The predicted molar refractivity (Wildman–Crippen MR) is 55.8 cm³/mol. The van der Waals surface area contributed by atoms with Crippen LogP contribution in [-0.2, 0) is 0 Å². The molecule has 2 aromatic rings. The van der Waals surface area contributed by atoms with Gasteiger partial charge in [0, 0.05) is 11.8 Å². The Hall–Kier alpha value is -2.25. The van der Waals surface area contributed by atoms with E-state index in [1.54, 1.807) is 19.1 Å². The minimum absolute atomic E-state index is 0.292. The Morgan fingerprint density at radius 3 is 2.81 bits per heavy atom. The van der Waals surface area contributed by atoms with Gasteiger partial charge in [-0.2, -0.15) is 20.1 Å². The molecule has 0 aliphatic rings. The molecule has 0 aliphatic carbocycles. The first-order chi connectivity index (χ1) is 7.65. The van der Waals surface area contributed by atoms with Gasteiger partial charge in [0.2, 0.25) is 4.96 Å². The highest BCUT2D eigenvalue weighted by Gasteiger charge is 2.16. The molecule has 0 saturated carbocycles. The molecule has 16 heavy (non-hydrogen) atoms. The lowest BCUT2D eigenvalue weighted by atomic mass is 10.2. The molecule has 0 fully saturated rings. The third-order valence-corrected chi connectivity index (χ3v) is 2.87. The van der Waals surface area contributed by atoms with Crippen molar-refractivity contribution in [2.24, 2.45) is 0 Å². The van der Waals surface area contributed by atoms with Gasteiger partial charge in [-0.25, -0.2) is 4.98 Å². The molecule has 0 unspecified atom stereocenters. The third kappa shape index (κ3) is 1.53. The van der Waals surface area contributed by atoms with Crippen molar-refractivity contribution in [1.29, 1.82) is 10.5 Å². The van der Waals surface area contributed by atoms with E-state index in [9.17, 15) is 4.79 Å². The van der Waals surface area contributed by atoms with Crippen LogP contribution in [-0.4, -0.2) is 14.6 Å². The molecule has 6 nitrogen and oxygen atoms in total. The van der Waals surface area contributed by atoms with Crippen LogP contribution in [0.25, 0.3) is 4.96 Å². The summed E-state index contributed by atoms with van der Waals surface area (Å²) in [6, 6.07) is 4.96. The van der Waals surface area contributed by atoms with E-state index in [0.29, 0.717) is 15.7 Å². The summed E-state index contributed by atoms with van der Waals surface area (Å²) in [5, 5.41) is 21.6. The fourth-order valence-electron chi connectivity index (χ4n) is 1.19. The molecule has 0 atom stereocenters. The molecule has 78 valence electrons. The van der Waals surface area contributed by atoms with E-state index >= 15 is 0 Å². The van der Waals surface area contributed by atoms with Gasteiger partial charge in [0.1, 0.15) is 5.01 Å². The van der Waals surface area contributed by atoms with Gasteiger partial charge in [0.05, 0.1) is 12.1 Å². The van der Waals surface area contributed by atoms with Crippen molar-refractivity contribution in [3.8, 4) is 12.1 Å². The van der Waals surface area contributed by atoms with Crippen LogP contribution in [0.3, 0.4) is 0 Å². The minimum atomic E-state index is -0.952. The van der Waals surface area contributed by atoms with Crippen LogP contribution in [0.15, 0.2) is 10.9 Å². The number of rotatable bonds is 1. The first kappa shape index (κ1) is 10.3. The zero-order valence-electron chi connectivity index (χ0n) is 8.21. The Morgan fingerprint density at radius 1 is 1.50 bits per heavy atom. The van der Waals surface area contributed by atoms with Crippen LogP contribution in [0.2, 0.25) is 0 Å². The minimum Gasteiger partial charge on any atom is -0.267 e. The molecular weight excluding hydrogens is 226 g/mol. The first-order valence-corrected chi connectivity index (χ1v) is 5.14. The summed E-state index contributed by atoms with van der Waals surface area (Å²) in [5.74, 6) is -0.952. The summed E-state index contributed by atoms with van der Waals surface area (Å²) in [4.78, 5) is 16.0. The average molecular weight is 231 g/mol. The predicted octanol–water partition coefficient (Wildman–Crippen LogP) is 0.590. The highest BCUT2D eigenvalue weighted by molar-refractivity contribution is 7.16. The SMILES string of the molecule is Cc1cc(=O)n2nc(C(C#N)C#N)sc2n1. The van der Waals surface area contributed by atoms with Crippen molar-refractivity contribution in [1.82, 2.24) is 14.6 Å². The van der Waals surface area contributed by atoms with Crippen molar-refractivity contribution >= 4 is 16.3 Å². The summed E-state index contributed by atoms with van der Waals surface area (Å²) < 4.78 is 1.11. The normalized spacial score (nSPS) is 10.2. The van der Waals surface area contributed by atoms with Gasteiger partial charge in [-0.15, -0.1) is 0 Å². The van der Waals surface area contributed by atoms with Crippen molar-refractivity contribution in [3.05, 3.63) is 27.1 Å². The molecule has 2 aromatic heterocycles. The van der Waals surface area contributed by atoms with E-state index in [1.165, 1.54) is 6.07 Å². The summed E-state index contributed by atoms with van der Waals surface area (Å²) in [5.41, 5.74) is 0.283. The van der Waals surface area contributed by atoms with E-state index < -0.39 is 5.92 Å². The second-order valence-corrected chi connectivity index (χ2v) is 4.05. The van der Waals surface area contributed by atoms with Crippen LogP contribution in [0.1, 0.15) is 16.6 Å². The van der Waals surface area contributed by atoms with Crippen molar-refractivity contribution in [2.45, 2.75) is 12.8 Å². The summed E-state index contributed by atoms with van der Waals surface area (Å²) in [7, 11) is 0. The molecule has 0 radical (unpaired) electrons. The van der Waals surface area contributed by atoms with Crippen LogP contribution in [0.5, 0.6) is 0 Å². The smallest absolute Gasteiger partial charge is 0.267 e. The topological polar surface area (TPSA) is 94.8 Å². The van der Waals surface area contributed by atoms with Gasteiger partial charge in [-0.05, 0) is 6.92 Å². The zero-order valence-corrected chi connectivity index (χ0v) is 9.02. The van der Waals surface area contributed by atoms with Crippen LogP contribution in [0, 0.1) is 29.6 Å². The third-order valence-electron chi connectivity index (χ3n) is 1.89. The molecule has 2 rings (SSSR count). The van der Waals surface area contributed by atoms with Gasteiger partial charge < -0.3 is 0 Å². The van der Waals surface area contributed by atoms with Gasteiger partial charge in [0.25, 0.3) is 5.56 Å². The second kappa shape index (κ2) is 3.72. The highest BCUT2D eigenvalue weighted by Crippen LogP contribution is 2.19. The van der Waals surface area contributed by atoms with Crippen molar-refractivity contribution < 1.29 is 0 Å². The fourth-order valence-corrected chi connectivity index (χ4v) is 2.13. The second-order valence-electron chi connectivity index (χ2n) is 3.06. The number of nitriles is 2. The Labute approximate surface area is 94.0 Å². The monoisotopic (exact) mass is 231 g/mol. The Kier molecular flexibility index (Phi) is 2.39. The molecule has 0 saturated heterocycles. The summed E-state index contributed by atoms with van der Waals surface area (Å²) >= 11 is 1.08. The zero-order chi connectivity index (χ0) is 11.7. The molecule has 0 N–H and O–H groups in total. The van der Waals surface area contributed by atoms with Gasteiger partial charge in [-0.3, -0.25) is 4.79 Å². The molecule has 0 spiro atoms. The van der Waals surface area contributed by atoms with Crippen molar-refractivity contribution in [2.75, 3.05) is 0 Å². The summed E-state index contributed by atoms with van der Waals surface area (Å²) in [6.07, 6.45) is 0. The van der Waals surface area contributed by atoms with Crippen LogP contribution in [0.4, 0.5) is 0 Å². The Balaban J connectivity index is 2.71. The highest BCUT2D eigenvalue weighted by atomic mass is 32.1. The van der Waals surface area contributed by atoms with Gasteiger partial charge in [-0.1, -0.05) is 11.3 Å². The Morgan fingerprint density at radius 2 is 2.19 bits per heavy atom. The number of hydrogen-bond donors (Lipinski definition) is 0. The van der Waals surface area contributed by atoms with E-state index in [4.69, 9.17) is 10.5 Å². The Bertz CT molecular complexity index is 672. The molecule has 0 aliphatic heterocycles. The van der Waals surface area contributed by atoms with Crippen molar-refractivity contribution in [3.63, 3.8) is 0 Å². The molecule has 2 heterocycles. The lowest BCUT2D eigenvalue weighted by Gasteiger charge is -1.90. The van der Waals surface area contributed by atoms with E-state index in [2.05, 4.69) is 10.1 Å². The molecule has 7 heteroatoms. The maximum absolute atomic E-state index is 11.5. The van der Waals surface area contributed by atoms with E-state index in [-0.39, 0.29) is 5.56 Å². The quantitative estimate of drug-likeness (QED) is 0.715. The maximum Gasteiger partial charge on any atom is 0.275 e. The average Bonchev–Trinajstić information content (AvgIpc) is 2.63. The molecule has 0 amide bonds. The van der Waals surface area contributed by atoms with E-state index in [0.717, 1.165) is 15.9 Å². The number of fused-ring (bicyclic) bond motifs is 1. The number of aryl methyl sites for hydroxylation is 1. The number of nitrogens with zero attached hydrogens (tertiary/aromatic N) is 5. The molecule has 0 bridgehead atoms. The lowest BCUT2D eigenvalue weighted by Crippen LogP contribution is -2.14. The first-order valence-electron chi connectivity index (χ1n) is 4.32.